The van der Waals surface area contributed by atoms with Gasteiger partial charge in [0, 0.05) is 6.61 Å². The van der Waals surface area contributed by atoms with E-state index >= 15 is 0 Å². The number of rotatable bonds is 10. The van der Waals surface area contributed by atoms with Gasteiger partial charge in [0.05, 0.1) is 19.3 Å². The summed E-state index contributed by atoms with van der Waals surface area (Å²) in [6, 6.07) is 0. The van der Waals surface area contributed by atoms with E-state index in [1.807, 2.05) is 19.1 Å². The number of hydrogen-bond donors (Lipinski definition) is 0. The molecule has 1 saturated carbocycles. The molecular weight excluding hydrogens is 308 g/mol. The van der Waals surface area contributed by atoms with Crippen LogP contribution in [0.25, 0.3) is 0 Å². The molecule has 1 fully saturated rings. The van der Waals surface area contributed by atoms with Gasteiger partial charge in [0.1, 0.15) is 0 Å². The maximum atomic E-state index is 5.68. The summed E-state index contributed by atoms with van der Waals surface area (Å²) in [6.45, 7) is 15.8. The molecule has 2 nitrogen and oxygen atoms in total. The van der Waals surface area contributed by atoms with Crippen molar-refractivity contribution < 1.29 is 9.47 Å². The smallest absolute Gasteiger partial charge is 0.0647 e. The molecule has 0 aromatic rings. The van der Waals surface area contributed by atoms with Gasteiger partial charge >= 0.3 is 0 Å². The molecule has 0 atom stereocenters. The molecule has 148 valence electrons. The Labute approximate surface area is 158 Å². The minimum Gasteiger partial charge on any atom is -0.379 e. The van der Waals surface area contributed by atoms with E-state index in [-0.39, 0.29) is 0 Å². The molecule has 0 aromatic heterocycles. The fourth-order valence-corrected chi connectivity index (χ4v) is 3.22. The van der Waals surface area contributed by atoms with E-state index in [1.54, 1.807) is 0 Å². The molecule has 1 aliphatic carbocycles. The summed E-state index contributed by atoms with van der Waals surface area (Å²) in [6.07, 6.45) is 17.7. The molecule has 0 unspecified atom stereocenters. The molecule has 0 N–H and O–H groups in total. The first kappa shape index (κ1) is 24.4. The van der Waals surface area contributed by atoms with E-state index in [1.165, 1.54) is 32.1 Å². The fourth-order valence-electron chi connectivity index (χ4n) is 3.22. The Kier molecular flexibility index (Phi) is 15.3. The number of allylic oxidation sites excluding steroid dienone is 2. The number of hydrogen-bond acceptors (Lipinski definition) is 2. The van der Waals surface area contributed by atoms with Crippen LogP contribution >= 0.6 is 0 Å². The SMILES string of the molecule is CC=CCOCC/C=C\CC.CCOC1CCC(C(C)(C)CC)CC1. The van der Waals surface area contributed by atoms with E-state index in [2.05, 4.69) is 46.8 Å². The van der Waals surface area contributed by atoms with Crippen LogP contribution in [-0.4, -0.2) is 25.9 Å². The maximum absolute atomic E-state index is 5.68. The van der Waals surface area contributed by atoms with Gasteiger partial charge in [-0.15, -0.1) is 0 Å². The Morgan fingerprint density at radius 3 is 2.16 bits per heavy atom. The fraction of sp³-hybridized carbons (Fsp3) is 0.826. The van der Waals surface area contributed by atoms with E-state index in [0.29, 0.717) is 11.5 Å². The number of ether oxygens (including phenoxy) is 2. The van der Waals surface area contributed by atoms with Crippen molar-refractivity contribution in [3.8, 4) is 0 Å². The zero-order chi connectivity index (χ0) is 19.0. The molecule has 0 saturated heterocycles. The van der Waals surface area contributed by atoms with Gasteiger partial charge in [-0.3, -0.25) is 0 Å². The van der Waals surface area contributed by atoms with Gasteiger partial charge in [-0.1, -0.05) is 58.4 Å². The normalized spacial score (nSPS) is 21.5. The van der Waals surface area contributed by atoms with Crippen molar-refractivity contribution in [1.82, 2.24) is 0 Å². The maximum Gasteiger partial charge on any atom is 0.0647 e. The third kappa shape index (κ3) is 12.4. The van der Waals surface area contributed by atoms with E-state index < -0.39 is 0 Å². The predicted molar refractivity (Wildman–Crippen MR) is 111 cm³/mol. The highest BCUT2D eigenvalue weighted by Gasteiger charge is 2.31. The van der Waals surface area contributed by atoms with Crippen LogP contribution in [0.15, 0.2) is 24.3 Å². The second kappa shape index (κ2) is 15.6. The second-order valence-corrected chi connectivity index (χ2v) is 7.58. The summed E-state index contributed by atoms with van der Waals surface area (Å²) in [4.78, 5) is 0. The molecule has 2 heteroatoms. The first-order valence-electron chi connectivity index (χ1n) is 10.5. The first-order valence-corrected chi connectivity index (χ1v) is 10.5. The third-order valence-corrected chi connectivity index (χ3v) is 5.37. The summed E-state index contributed by atoms with van der Waals surface area (Å²) in [5, 5.41) is 0. The van der Waals surface area contributed by atoms with Crippen molar-refractivity contribution in [2.75, 3.05) is 19.8 Å². The lowest BCUT2D eigenvalue weighted by Gasteiger charge is -2.38. The van der Waals surface area contributed by atoms with Crippen molar-refractivity contribution in [3.05, 3.63) is 24.3 Å². The molecule has 0 spiro atoms. The van der Waals surface area contributed by atoms with Crippen LogP contribution in [0.3, 0.4) is 0 Å². The van der Waals surface area contributed by atoms with Crippen molar-refractivity contribution in [3.63, 3.8) is 0 Å². The topological polar surface area (TPSA) is 18.5 Å². The van der Waals surface area contributed by atoms with Gasteiger partial charge < -0.3 is 9.47 Å². The average molecular weight is 353 g/mol. The molecule has 0 radical (unpaired) electrons. The van der Waals surface area contributed by atoms with Crippen LogP contribution in [0.2, 0.25) is 0 Å². The Bertz CT molecular complexity index is 336. The molecule has 1 rings (SSSR count). The van der Waals surface area contributed by atoms with Crippen LogP contribution in [0, 0.1) is 11.3 Å². The molecule has 1 aliphatic rings. The molecule has 0 heterocycles. The Morgan fingerprint density at radius 1 is 0.960 bits per heavy atom. The monoisotopic (exact) mass is 352 g/mol. The van der Waals surface area contributed by atoms with Crippen molar-refractivity contribution >= 4 is 0 Å². The minimum absolute atomic E-state index is 0.539. The van der Waals surface area contributed by atoms with Crippen LogP contribution in [-0.2, 0) is 9.47 Å². The van der Waals surface area contributed by atoms with Crippen molar-refractivity contribution in [2.24, 2.45) is 11.3 Å². The lowest BCUT2D eigenvalue weighted by Crippen LogP contribution is -2.30. The highest BCUT2D eigenvalue weighted by Crippen LogP contribution is 2.40. The molecular formula is C23H44O2. The van der Waals surface area contributed by atoms with Crippen LogP contribution in [0.4, 0.5) is 0 Å². The summed E-state index contributed by atoms with van der Waals surface area (Å²) >= 11 is 0. The van der Waals surface area contributed by atoms with Crippen LogP contribution < -0.4 is 0 Å². The first-order chi connectivity index (χ1) is 12.0. The van der Waals surface area contributed by atoms with Gasteiger partial charge in [0.15, 0.2) is 0 Å². The molecule has 0 amide bonds. The summed E-state index contributed by atoms with van der Waals surface area (Å²) in [5.74, 6) is 0.921. The Balaban J connectivity index is 0.000000477. The Hall–Kier alpha value is -0.600. The van der Waals surface area contributed by atoms with E-state index in [9.17, 15) is 0 Å². The third-order valence-electron chi connectivity index (χ3n) is 5.37. The molecule has 0 aliphatic heterocycles. The summed E-state index contributed by atoms with van der Waals surface area (Å²) < 4.78 is 11.0. The minimum atomic E-state index is 0.539. The summed E-state index contributed by atoms with van der Waals surface area (Å²) in [5.41, 5.74) is 0.539. The molecule has 0 bridgehead atoms. The molecule has 25 heavy (non-hydrogen) atoms. The summed E-state index contributed by atoms with van der Waals surface area (Å²) in [7, 11) is 0. The standard InChI is InChI=1S/C13H26O.C10H18O/c1-5-13(3,4)11-7-9-12(10-8-11)14-6-2;1-3-5-7-8-10-11-9-6-4-2/h11-12H,5-10H2,1-4H3;4-7H,3,8-10H2,1-2H3/b;6-4?,7-5-. The van der Waals surface area contributed by atoms with E-state index in [0.717, 1.165) is 38.6 Å². The average Bonchev–Trinajstić information content (AvgIpc) is 2.62. The van der Waals surface area contributed by atoms with Gasteiger partial charge in [0.2, 0.25) is 0 Å². The van der Waals surface area contributed by atoms with Crippen molar-refractivity contribution in [1.29, 1.82) is 0 Å². The lowest BCUT2D eigenvalue weighted by molar-refractivity contribution is 0.00667. The highest BCUT2D eigenvalue weighted by atomic mass is 16.5. The molecule has 0 aromatic carbocycles. The zero-order valence-electron chi connectivity index (χ0n) is 17.9. The second-order valence-electron chi connectivity index (χ2n) is 7.58. The largest absolute Gasteiger partial charge is 0.379 e. The Morgan fingerprint density at radius 2 is 1.64 bits per heavy atom. The zero-order valence-corrected chi connectivity index (χ0v) is 17.9. The van der Waals surface area contributed by atoms with Gasteiger partial charge in [0.25, 0.3) is 0 Å². The lowest BCUT2D eigenvalue weighted by atomic mass is 9.69. The van der Waals surface area contributed by atoms with E-state index in [4.69, 9.17) is 9.47 Å². The van der Waals surface area contributed by atoms with Gasteiger partial charge in [-0.05, 0) is 63.7 Å². The van der Waals surface area contributed by atoms with Gasteiger partial charge in [-0.25, -0.2) is 0 Å². The van der Waals surface area contributed by atoms with Crippen LogP contribution in [0.5, 0.6) is 0 Å². The van der Waals surface area contributed by atoms with Crippen LogP contribution in [0.1, 0.15) is 86.5 Å². The quantitative estimate of drug-likeness (QED) is 0.313. The predicted octanol–water partition coefficient (Wildman–Crippen LogP) is 6.95. The van der Waals surface area contributed by atoms with Crippen molar-refractivity contribution in [2.45, 2.75) is 92.6 Å². The van der Waals surface area contributed by atoms with Gasteiger partial charge in [-0.2, -0.15) is 0 Å². The highest BCUT2D eigenvalue weighted by molar-refractivity contribution is 4.83.